The fourth-order valence-corrected chi connectivity index (χ4v) is 4.90. The molecule has 0 heterocycles. The van der Waals surface area contributed by atoms with Gasteiger partial charge in [-0.1, -0.05) is 27.2 Å². The van der Waals surface area contributed by atoms with Crippen LogP contribution in [-0.2, 0) is 4.79 Å². The number of nitrogens with one attached hydrogen (secondary N) is 1. The van der Waals surface area contributed by atoms with Crippen LogP contribution in [0, 0.1) is 29.1 Å². The smallest absolute Gasteiger partial charge is 0.237 e. The number of hydrogen-bond donors (Lipinski definition) is 2. The lowest BCUT2D eigenvalue weighted by Crippen LogP contribution is -2.53. The van der Waals surface area contributed by atoms with Crippen molar-refractivity contribution in [3.63, 3.8) is 0 Å². The zero-order valence-corrected chi connectivity index (χ0v) is 12.5. The van der Waals surface area contributed by atoms with Gasteiger partial charge in [0.25, 0.3) is 0 Å². The van der Waals surface area contributed by atoms with E-state index in [4.69, 9.17) is 5.73 Å². The third-order valence-electron chi connectivity index (χ3n) is 5.97. The van der Waals surface area contributed by atoms with Gasteiger partial charge in [0.05, 0.1) is 6.04 Å². The molecule has 3 rings (SSSR count). The normalized spacial score (nSPS) is 42.2. The molecule has 3 aliphatic carbocycles. The number of fused-ring (bicyclic) bond motifs is 5. The van der Waals surface area contributed by atoms with Gasteiger partial charge in [-0.3, -0.25) is 4.79 Å². The van der Waals surface area contributed by atoms with Crippen molar-refractivity contribution in [1.29, 1.82) is 0 Å². The van der Waals surface area contributed by atoms with E-state index in [2.05, 4.69) is 5.32 Å². The molecule has 0 aliphatic heterocycles. The molecule has 0 aromatic rings. The van der Waals surface area contributed by atoms with Crippen molar-refractivity contribution in [1.82, 2.24) is 5.32 Å². The number of rotatable bonds is 2. The van der Waals surface area contributed by atoms with Crippen molar-refractivity contribution in [2.75, 3.05) is 0 Å². The Hall–Kier alpha value is -0.570. The summed E-state index contributed by atoms with van der Waals surface area (Å²) < 4.78 is 0. The molecule has 3 aliphatic rings. The summed E-state index contributed by atoms with van der Waals surface area (Å²) in [6, 6.07) is 0.0104. The molecule has 3 saturated carbocycles. The van der Waals surface area contributed by atoms with E-state index < -0.39 is 6.04 Å². The van der Waals surface area contributed by atoms with Crippen LogP contribution >= 0.6 is 0 Å². The minimum Gasteiger partial charge on any atom is -0.352 e. The topological polar surface area (TPSA) is 55.1 Å². The van der Waals surface area contributed by atoms with Gasteiger partial charge in [-0.2, -0.15) is 0 Å². The molecular weight excluding hydrogens is 236 g/mol. The summed E-state index contributed by atoms with van der Waals surface area (Å²) in [4.78, 5) is 12.3. The van der Waals surface area contributed by atoms with Gasteiger partial charge >= 0.3 is 0 Å². The molecule has 3 N–H and O–H groups in total. The molecule has 6 atom stereocenters. The van der Waals surface area contributed by atoms with Crippen LogP contribution in [0.5, 0.6) is 0 Å². The summed E-state index contributed by atoms with van der Waals surface area (Å²) in [6.45, 7) is 6.10. The summed E-state index contributed by atoms with van der Waals surface area (Å²) in [5, 5.41) is 3.27. The van der Waals surface area contributed by atoms with Gasteiger partial charge < -0.3 is 11.1 Å². The fourth-order valence-electron chi connectivity index (χ4n) is 4.90. The molecule has 1 amide bonds. The van der Waals surface area contributed by atoms with E-state index in [1.54, 1.807) is 0 Å². The number of hydrogen-bond acceptors (Lipinski definition) is 2. The van der Waals surface area contributed by atoms with E-state index >= 15 is 0 Å². The summed E-state index contributed by atoms with van der Waals surface area (Å²) in [6.07, 6.45) is 6.79. The minimum atomic E-state index is -0.397. The summed E-state index contributed by atoms with van der Waals surface area (Å²) in [5.41, 5.74) is 5.91. The lowest BCUT2D eigenvalue weighted by Gasteiger charge is -2.34. The number of nitrogens with two attached hydrogens (primary N) is 1. The standard InChI is InChI=1S/C16H28N2O/c1-16(2,3)14(17)15(19)18-13-8-9-7-12(13)11-6-4-5-10(9)11/h9-14H,4-8,17H2,1-3H3,(H,18,19)/t9?,10?,11?,12?,13?,14-/m0/s1. The van der Waals surface area contributed by atoms with Gasteiger partial charge in [-0.25, -0.2) is 0 Å². The van der Waals surface area contributed by atoms with Crippen LogP contribution in [0.3, 0.4) is 0 Å². The summed E-state index contributed by atoms with van der Waals surface area (Å²) >= 11 is 0. The zero-order valence-electron chi connectivity index (χ0n) is 12.5. The first kappa shape index (κ1) is 13.4. The van der Waals surface area contributed by atoms with Gasteiger partial charge in [0.2, 0.25) is 5.91 Å². The number of carbonyl (C=O) groups is 1. The Kier molecular flexibility index (Phi) is 3.16. The van der Waals surface area contributed by atoms with Crippen molar-refractivity contribution in [2.45, 2.75) is 65.0 Å². The van der Waals surface area contributed by atoms with Crippen LogP contribution in [0.1, 0.15) is 52.9 Å². The van der Waals surface area contributed by atoms with Crippen LogP contribution in [0.2, 0.25) is 0 Å². The van der Waals surface area contributed by atoms with Gasteiger partial charge in [-0.15, -0.1) is 0 Å². The first-order valence-electron chi connectivity index (χ1n) is 7.94. The molecule has 0 aromatic carbocycles. The minimum absolute atomic E-state index is 0.0552. The SMILES string of the molecule is CC(C)(C)[C@@H](N)C(=O)NC1CC2CC1C1CCCC21. The van der Waals surface area contributed by atoms with Gasteiger partial charge in [0.15, 0.2) is 0 Å². The van der Waals surface area contributed by atoms with E-state index in [0.717, 1.165) is 23.7 Å². The molecule has 3 heteroatoms. The largest absolute Gasteiger partial charge is 0.352 e. The quantitative estimate of drug-likeness (QED) is 0.804. The molecule has 19 heavy (non-hydrogen) atoms. The Bertz CT molecular complexity index is 373. The molecule has 0 saturated heterocycles. The molecule has 0 aromatic heterocycles. The molecule has 2 bridgehead atoms. The maximum Gasteiger partial charge on any atom is 0.237 e. The average Bonchev–Trinajstić information content (AvgIpc) is 2.97. The van der Waals surface area contributed by atoms with E-state index in [0.29, 0.717) is 6.04 Å². The van der Waals surface area contributed by atoms with Gasteiger partial charge in [0.1, 0.15) is 0 Å². The van der Waals surface area contributed by atoms with Crippen LogP contribution < -0.4 is 11.1 Å². The van der Waals surface area contributed by atoms with Crippen molar-refractivity contribution in [3.05, 3.63) is 0 Å². The average molecular weight is 264 g/mol. The molecule has 0 spiro atoms. The van der Waals surface area contributed by atoms with Crippen molar-refractivity contribution in [2.24, 2.45) is 34.8 Å². The second-order valence-corrected chi connectivity index (χ2v) is 8.11. The number of amides is 1. The highest BCUT2D eigenvalue weighted by Gasteiger charge is 2.54. The lowest BCUT2D eigenvalue weighted by atomic mass is 9.78. The van der Waals surface area contributed by atoms with E-state index in [9.17, 15) is 4.79 Å². The molecule has 3 fully saturated rings. The van der Waals surface area contributed by atoms with E-state index in [1.165, 1.54) is 32.1 Å². The first-order valence-corrected chi connectivity index (χ1v) is 7.94. The summed E-state index contributed by atoms with van der Waals surface area (Å²) in [5.74, 6) is 3.56. The molecule has 0 radical (unpaired) electrons. The highest BCUT2D eigenvalue weighted by Crippen LogP contribution is 2.58. The number of carbonyl (C=O) groups excluding carboxylic acids is 1. The van der Waals surface area contributed by atoms with Crippen LogP contribution in [-0.4, -0.2) is 18.0 Å². The third kappa shape index (κ3) is 2.20. The second kappa shape index (κ2) is 4.47. The Morgan fingerprint density at radius 3 is 2.53 bits per heavy atom. The van der Waals surface area contributed by atoms with Gasteiger partial charge in [0, 0.05) is 6.04 Å². The Morgan fingerprint density at radius 2 is 1.84 bits per heavy atom. The second-order valence-electron chi connectivity index (χ2n) is 8.11. The van der Waals surface area contributed by atoms with E-state index in [1.807, 2.05) is 20.8 Å². The maximum absolute atomic E-state index is 12.3. The van der Waals surface area contributed by atoms with Crippen LogP contribution in [0.4, 0.5) is 0 Å². The molecular formula is C16H28N2O. The highest BCUT2D eigenvalue weighted by atomic mass is 16.2. The van der Waals surface area contributed by atoms with Crippen LogP contribution in [0.15, 0.2) is 0 Å². The Labute approximate surface area is 116 Å². The van der Waals surface area contributed by atoms with Crippen molar-refractivity contribution >= 4 is 5.91 Å². The van der Waals surface area contributed by atoms with Crippen LogP contribution in [0.25, 0.3) is 0 Å². The Balaban J connectivity index is 1.62. The Morgan fingerprint density at radius 1 is 1.16 bits per heavy atom. The lowest BCUT2D eigenvalue weighted by molar-refractivity contribution is -0.125. The first-order chi connectivity index (χ1) is 8.88. The molecule has 108 valence electrons. The van der Waals surface area contributed by atoms with Crippen molar-refractivity contribution < 1.29 is 4.79 Å². The predicted molar refractivity (Wildman–Crippen MR) is 76.4 cm³/mol. The maximum atomic E-state index is 12.3. The third-order valence-corrected chi connectivity index (χ3v) is 5.97. The van der Waals surface area contributed by atoms with Crippen molar-refractivity contribution in [3.8, 4) is 0 Å². The van der Waals surface area contributed by atoms with E-state index in [-0.39, 0.29) is 11.3 Å². The summed E-state index contributed by atoms with van der Waals surface area (Å²) in [7, 11) is 0. The molecule has 5 unspecified atom stereocenters. The fraction of sp³-hybridized carbons (Fsp3) is 0.938. The monoisotopic (exact) mass is 264 g/mol. The highest BCUT2D eigenvalue weighted by molar-refractivity contribution is 5.82. The predicted octanol–water partition coefficient (Wildman–Crippen LogP) is 2.30. The van der Waals surface area contributed by atoms with Gasteiger partial charge in [-0.05, 0) is 54.8 Å². The molecule has 3 nitrogen and oxygen atoms in total. The zero-order chi connectivity index (χ0) is 13.8.